The molecule has 108 valence electrons. The van der Waals surface area contributed by atoms with Crippen LogP contribution in [0, 0.1) is 11.6 Å². The summed E-state index contributed by atoms with van der Waals surface area (Å²) in [5.41, 5.74) is 0. The van der Waals surface area contributed by atoms with E-state index in [-0.39, 0.29) is 17.6 Å². The van der Waals surface area contributed by atoms with Crippen LogP contribution in [-0.4, -0.2) is 23.1 Å². The number of hydrogen-bond donors (Lipinski definition) is 2. The SMILES string of the molecule is CCNc1nc(NCC(C)c2nccs2)c(F)cc1F. The van der Waals surface area contributed by atoms with E-state index in [2.05, 4.69) is 20.6 Å². The Morgan fingerprint density at radius 2 is 1.95 bits per heavy atom. The molecule has 7 heteroatoms. The first-order valence-electron chi connectivity index (χ1n) is 6.35. The van der Waals surface area contributed by atoms with Crippen molar-refractivity contribution in [2.24, 2.45) is 0 Å². The molecule has 1 unspecified atom stereocenters. The Morgan fingerprint density at radius 1 is 1.25 bits per heavy atom. The number of pyridine rings is 1. The zero-order valence-electron chi connectivity index (χ0n) is 11.3. The Hall–Kier alpha value is -1.76. The molecule has 20 heavy (non-hydrogen) atoms. The molecule has 0 saturated heterocycles. The molecule has 0 aliphatic rings. The molecule has 1 atom stereocenters. The lowest BCUT2D eigenvalue weighted by Gasteiger charge is -2.13. The first-order valence-corrected chi connectivity index (χ1v) is 7.23. The zero-order chi connectivity index (χ0) is 14.5. The van der Waals surface area contributed by atoms with Gasteiger partial charge in [0, 0.05) is 36.7 Å². The van der Waals surface area contributed by atoms with Crippen LogP contribution in [0.3, 0.4) is 0 Å². The van der Waals surface area contributed by atoms with Crippen molar-refractivity contribution in [2.75, 3.05) is 23.7 Å². The van der Waals surface area contributed by atoms with Crippen molar-refractivity contribution in [3.8, 4) is 0 Å². The highest BCUT2D eigenvalue weighted by Gasteiger charge is 2.13. The van der Waals surface area contributed by atoms with Gasteiger partial charge in [-0.2, -0.15) is 0 Å². The van der Waals surface area contributed by atoms with Crippen molar-refractivity contribution in [3.05, 3.63) is 34.3 Å². The molecule has 2 aromatic heterocycles. The van der Waals surface area contributed by atoms with E-state index in [1.165, 1.54) is 0 Å². The monoisotopic (exact) mass is 298 g/mol. The van der Waals surface area contributed by atoms with Gasteiger partial charge >= 0.3 is 0 Å². The Morgan fingerprint density at radius 3 is 2.55 bits per heavy atom. The summed E-state index contributed by atoms with van der Waals surface area (Å²) in [6, 6.07) is 0.835. The van der Waals surface area contributed by atoms with Crippen LogP contribution in [0.25, 0.3) is 0 Å². The van der Waals surface area contributed by atoms with Gasteiger partial charge in [-0.05, 0) is 6.92 Å². The highest BCUT2D eigenvalue weighted by Crippen LogP contribution is 2.21. The number of rotatable bonds is 6. The second-order valence-corrected chi connectivity index (χ2v) is 5.26. The molecule has 2 N–H and O–H groups in total. The van der Waals surface area contributed by atoms with Gasteiger partial charge in [-0.15, -0.1) is 11.3 Å². The lowest BCUT2D eigenvalue weighted by Crippen LogP contribution is -2.13. The van der Waals surface area contributed by atoms with Crippen molar-refractivity contribution in [1.29, 1.82) is 0 Å². The third kappa shape index (κ3) is 3.41. The van der Waals surface area contributed by atoms with Gasteiger partial charge in [0.05, 0.1) is 5.01 Å². The molecule has 2 heterocycles. The quantitative estimate of drug-likeness (QED) is 0.857. The average Bonchev–Trinajstić information content (AvgIpc) is 2.94. The number of anilines is 2. The van der Waals surface area contributed by atoms with Crippen LogP contribution in [0.5, 0.6) is 0 Å². The van der Waals surface area contributed by atoms with Crippen molar-refractivity contribution in [2.45, 2.75) is 19.8 Å². The van der Waals surface area contributed by atoms with Crippen LogP contribution in [0.15, 0.2) is 17.6 Å². The first-order chi connectivity index (χ1) is 9.61. The first kappa shape index (κ1) is 14.6. The molecular formula is C13H16F2N4S. The van der Waals surface area contributed by atoms with Crippen LogP contribution in [0.2, 0.25) is 0 Å². The Bertz CT molecular complexity index is 560. The van der Waals surface area contributed by atoms with Gasteiger partial charge < -0.3 is 10.6 Å². The van der Waals surface area contributed by atoms with Gasteiger partial charge in [-0.3, -0.25) is 0 Å². The molecule has 2 rings (SSSR count). The summed E-state index contributed by atoms with van der Waals surface area (Å²) >= 11 is 1.55. The summed E-state index contributed by atoms with van der Waals surface area (Å²) in [5, 5.41) is 8.52. The van der Waals surface area contributed by atoms with E-state index >= 15 is 0 Å². The van der Waals surface area contributed by atoms with Crippen LogP contribution in [0.4, 0.5) is 20.4 Å². The average molecular weight is 298 g/mol. The summed E-state index contributed by atoms with van der Waals surface area (Å²) < 4.78 is 27.1. The van der Waals surface area contributed by atoms with E-state index in [9.17, 15) is 8.78 Å². The fraction of sp³-hybridized carbons (Fsp3) is 0.385. The number of halogens is 2. The summed E-state index contributed by atoms with van der Waals surface area (Å²) in [7, 11) is 0. The predicted octanol–water partition coefficient (Wildman–Crippen LogP) is 3.46. The largest absolute Gasteiger partial charge is 0.368 e. The number of thiazole rings is 1. The van der Waals surface area contributed by atoms with E-state index in [0.29, 0.717) is 13.1 Å². The molecule has 0 aromatic carbocycles. The molecule has 4 nitrogen and oxygen atoms in total. The van der Waals surface area contributed by atoms with E-state index in [1.807, 2.05) is 19.2 Å². The smallest absolute Gasteiger partial charge is 0.168 e. The molecule has 0 aliphatic heterocycles. The number of aromatic nitrogens is 2. The highest BCUT2D eigenvalue weighted by molar-refractivity contribution is 7.09. The van der Waals surface area contributed by atoms with E-state index in [0.717, 1.165) is 11.1 Å². The normalized spacial score (nSPS) is 12.2. The number of nitrogens with one attached hydrogen (secondary N) is 2. The fourth-order valence-corrected chi connectivity index (χ4v) is 2.40. The minimum absolute atomic E-state index is 0.0470. The van der Waals surface area contributed by atoms with E-state index in [1.54, 1.807) is 17.5 Å². The maximum absolute atomic E-state index is 13.7. The third-order valence-electron chi connectivity index (χ3n) is 2.72. The van der Waals surface area contributed by atoms with Gasteiger partial charge in [0.1, 0.15) is 0 Å². The van der Waals surface area contributed by atoms with Gasteiger partial charge in [0.15, 0.2) is 23.3 Å². The molecule has 2 aromatic rings. The lowest BCUT2D eigenvalue weighted by atomic mass is 10.2. The van der Waals surface area contributed by atoms with Crippen LogP contribution in [0.1, 0.15) is 24.8 Å². The van der Waals surface area contributed by atoms with Crippen molar-refractivity contribution < 1.29 is 8.78 Å². The predicted molar refractivity (Wildman–Crippen MR) is 77.3 cm³/mol. The number of nitrogens with zero attached hydrogens (tertiary/aromatic N) is 2. The van der Waals surface area contributed by atoms with Gasteiger partial charge in [0.25, 0.3) is 0 Å². The molecule has 0 bridgehead atoms. The minimum atomic E-state index is -0.699. The molecule has 0 aliphatic carbocycles. The Labute approximate surface area is 120 Å². The Balaban J connectivity index is 2.07. The lowest BCUT2D eigenvalue weighted by molar-refractivity contribution is 0.577. The highest BCUT2D eigenvalue weighted by atomic mass is 32.1. The summed E-state index contributed by atoms with van der Waals surface area (Å²) in [6.45, 7) is 4.81. The van der Waals surface area contributed by atoms with E-state index < -0.39 is 11.6 Å². The molecule has 0 radical (unpaired) electrons. The third-order valence-corrected chi connectivity index (χ3v) is 3.73. The molecular weight excluding hydrogens is 282 g/mol. The fourth-order valence-electron chi connectivity index (χ4n) is 1.70. The topological polar surface area (TPSA) is 49.8 Å². The molecule has 0 amide bonds. The van der Waals surface area contributed by atoms with Crippen LogP contribution < -0.4 is 10.6 Å². The van der Waals surface area contributed by atoms with Crippen LogP contribution in [-0.2, 0) is 0 Å². The summed E-state index contributed by atoms with van der Waals surface area (Å²) in [5.74, 6) is -1.16. The second-order valence-electron chi connectivity index (χ2n) is 4.33. The van der Waals surface area contributed by atoms with Crippen molar-refractivity contribution in [3.63, 3.8) is 0 Å². The molecule has 0 spiro atoms. The zero-order valence-corrected chi connectivity index (χ0v) is 12.1. The number of hydrogen-bond acceptors (Lipinski definition) is 5. The molecule has 0 fully saturated rings. The minimum Gasteiger partial charge on any atom is -0.368 e. The van der Waals surface area contributed by atoms with Gasteiger partial charge in [-0.25, -0.2) is 18.7 Å². The summed E-state index contributed by atoms with van der Waals surface area (Å²) in [6.07, 6.45) is 1.73. The van der Waals surface area contributed by atoms with Crippen molar-refractivity contribution >= 4 is 23.0 Å². The van der Waals surface area contributed by atoms with Crippen molar-refractivity contribution in [1.82, 2.24) is 9.97 Å². The standard InChI is InChI=1S/C13H16F2N4S/c1-3-16-11-9(14)6-10(15)12(19-11)18-7-8(2)13-17-4-5-20-13/h4-6,8H,3,7H2,1-2H3,(H2,16,18,19). The van der Waals surface area contributed by atoms with Gasteiger partial charge in [-0.1, -0.05) is 6.92 Å². The maximum Gasteiger partial charge on any atom is 0.168 e. The van der Waals surface area contributed by atoms with E-state index in [4.69, 9.17) is 0 Å². The maximum atomic E-state index is 13.7. The second kappa shape index (κ2) is 6.60. The van der Waals surface area contributed by atoms with Crippen LogP contribution >= 0.6 is 11.3 Å². The Kier molecular flexibility index (Phi) is 4.84. The summed E-state index contributed by atoms with van der Waals surface area (Å²) in [4.78, 5) is 8.13. The van der Waals surface area contributed by atoms with Gasteiger partial charge in [0.2, 0.25) is 0 Å². The molecule has 0 saturated carbocycles.